The number of anilines is 1. The third-order valence-electron chi connectivity index (χ3n) is 2.05. The van der Waals surface area contributed by atoms with E-state index in [0.29, 0.717) is 22.3 Å². The highest BCUT2D eigenvalue weighted by molar-refractivity contribution is 7.17. The maximum absolute atomic E-state index is 11.8. The van der Waals surface area contributed by atoms with Crippen LogP contribution < -0.4 is 5.32 Å². The number of thiazole rings is 1. The highest BCUT2D eigenvalue weighted by atomic mass is 32.1. The zero-order chi connectivity index (χ0) is 14.4. The average Bonchev–Trinajstić information content (AvgIpc) is 2.67. The highest BCUT2D eigenvalue weighted by Gasteiger charge is 2.18. The predicted molar refractivity (Wildman–Crippen MR) is 72.5 cm³/mol. The van der Waals surface area contributed by atoms with Crippen LogP contribution in [0.25, 0.3) is 0 Å². The minimum atomic E-state index is -0.407. The number of nitrogens with one attached hydrogen (secondary N) is 1. The topological polar surface area (TPSA) is 77.5 Å². The molecule has 0 aliphatic carbocycles. The number of carbonyl (C=O) groups excluding carboxylic acids is 2. The van der Waals surface area contributed by atoms with Gasteiger partial charge in [0.15, 0.2) is 5.13 Å². The van der Waals surface area contributed by atoms with Crippen LogP contribution in [-0.4, -0.2) is 37.2 Å². The summed E-state index contributed by atoms with van der Waals surface area (Å²) in [5, 5.41) is 2.93. The van der Waals surface area contributed by atoms with Gasteiger partial charge in [-0.3, -0.25) is 10.1 Å². The van der Waals surface area contributed by atoms with Gasteiger partial charge < -0.3 is 9.47 Å². The summed E-state index contributed by atoms with van der Waals surface area (Å²) in [5.74, 6) is -0.438. The van der Waals surface area contributed by atoms with Crippen LogP contribution in [0.2, 0.25) is 0 Å². The van der Waals surface area contributed by atoms with Crippen LogP contribution in [0.15, 0.2) is 0 Å². The van der Waals surface area contributed by atoms with Crippen molar-refractivity contribution in [3.63, 3.8) is 0 Å². The van der Waals surface area contributed by atoms with Gasteiger partial charge in [0.1, 0.15) is 11.5 Å². The molecule has 7 heteroatoms. The number of hydrogen-bond acceptors (Lipinski definition) is 6. The molecule has 19 heavy (non-hydrogen) atoms. The van der Waals surface area contributed by atoms with Crippen LogP contribution in [-0.2, 0) is 14.3 Å². The first kappa shape index (κ1) is 15.6. The van der Waals surface area contributed by atoms with Crippen molar-refractivity contribution in [2.24, 2.45) is 5.92 Å². The third-order valence-corrected chi connectivity index (χ3v) is 3.10. The fourth-order valence-corrected chi connectivity index (χ4v) is 2.11. The van der Waals surface area contributed by atoms with Crippen molar-refractivity contribution in [3.05, 3.63) is 10.6 Å². The van der Waals surface area contributed by atoms with E-state index in [1.54, 1.807) is 6.92 Å². The molecule has 0 aromatic carbocycles. The molecule has 0 bridgehead atoms. The number of methoxy groups -OCH3 is 1. The molecule has 1 aromatic heterocycles. The van der Waals surface area contributed by atoms with Gasteiger partial charge in [-0.25, -0.2) is 9.78 Å². The Hall–Kier alpha value is -1.47. The number of carbonyl (C=O) groups is 2. The van der Waals surface area contributed by atoms with Crippen LogP contribution in [0.1, 0.15) is 29.2 Å². The maximum atomic E-state index is 11.8. The Kier molecular flexibility index (Phi) is 5.91. The quantitative estimate of drug-likeness (QED) is 0.807. The number of amides is 1. The molecule has 0 spiro atoms. The standard InChI is InChI=1S/C12H18N2O4S/c1-7(2)5-18-11(16)10-8(3)13-12(19-10)14-9(15)6-17-4/h7H,5-6H2,1-4H3,(H,13,14,15). The second kappa shape index (κ2) is 7.20. The van der Waals surface area contributed by atoms with Crippen molar-refractivity contribution in [2.75, 3.05) is 25.6 Å². The Bertz CT molecular complexity index is 457. The fraction of sp³-hybridized carbons (Fsp3) is 0.583. The maximum Gasteiger partial charge on any atom is 0.350 e. The van der Waals surface area contributed by atoms with E-state index >= 15 is 0 Å². The molecule has 6 nitrogen and oxygen atoms in total. The first-order chi connectivity index (χ1) is 8.93. The van der Waals surface area contributed by atoms with E-state index in [0.717, 1.165) is 11.3 Å². The molecule has 0 saturated heterocycles. The second-order valence-electron chi connectivity index (χ2n) is 4.41. The summed E-state index contributed by atoms with van der Waals surface area (Å²) >= 11 is 1.10. The SMILES string of the molecule is COCC(=O)Nc1nc(C)c(C(=O)OCC(C)C)s1. The Morgan fingerprint density at radius 3 is 2.68 bits per heavy atom. The van der Waals surface area contributed by atoms with Crippen molar-refractivity contribution in [1.29, 1.82) is 0 Å². The van der Waals surface area contributed by atoms with Gasteiger partial charge in [-0.15, -0.1) is 0 Å². The molecule has 1 amide bonds. The van der Waals surface area contributed by atoms with E-state index in [-0.39, 0.29) is 18.4 Å². The number of rotatable bonds is 6. The van der Waals surface area contributed by atoms with E-state index in [1.165, 1.54) is 7.11 Å². The fourth-order valence-electron chi connectivity index (χ4n) is 1.23. The third kappa shape index (κ3) is 4.96. The van der Waals surface area contributed by atoms with Crippen LogP contribution in [0.3, 0.4) is 0 Å². The molecule has 1 aromatic rings. The largest absolute Gasteiger partial charge is 0.461 e. The molecule has 0 aliphatic heterocycles. The van der Waals surface area contributed by atoms with Crippen molar-refractivity contribution >= 4 is 28.3 Å². The van der Waals surface area contributed by atoms with Crippen molar-refractivity contribution in [1.82, 2.24) is 4.98 Å². The number of esters is 1. The number of hydrogen-bond donors (Lipinski definition) is 1. The van der Waals surface area contributed by atoms with Gasteiger partial charge in [0.25, 0.3) is 5.91 Å². The molecule has 0 saturated carbocycles. The lowest BCUT2D eigenvalue weighted by Crippen LogP contribution is -2.16. The summed E-state index contributed by atoms with van der Waals surface area (Å²) in [6, 6.07) is 0. The lowest BCUT2D eigenvalue weighted by molar-refractivity contribution is -0.119. The molecule has 1 heterocycles. The van der Waals surface area contributed by atoms with Crippen LogP contribution >= 0.6 is 11.3 Å². The second-order valence-corrected chi connectivity index (χ2v) is 5.41. The first-order valence-corrected chi connectivity index (χ1v) is 6.69. The van der Waals surface area contributed by atoms with Gasteiger partial charge in [0.2, 0.25) is 0 Å². The van der Waals surface area contributed by atoms with Gasteiger partial charge in [-0.05, 0) is 12.8 Å². The Morgan fingerprint density at radius 1 is 1.42 bits per heavy atom. The molecule has 1 N–H and O–H groups in total. The van der Waals surface area contributed by atoms with E-state index < -0.39 is 5.97 Å². The van der Waals surface area contributed by atoms with Crippen LogP contribution in [0.4, 0.5) is 5.13 Å². The molecule has 0 atom stereocenters. The van der Waals surface area contributed by atoms with Gasteiger partial charge in [-0.2, -0.15) is 0 Å². The van der Waals surface area contributed by atoms with Crippen LogP contribution in [0, 0.1) is 12.8 Å². The summed E-state index contributed by atoms with van der Waals surface area (Å²) in [6.07, 6.45) is 0. The Morgan fingerprint density at radius 2 is 2.11 bits per heavy atom. The van der Waals surface area contributed by atoms with Crippen molar-refractivity contribution in [3.8, 4) is 0 Å². The van der Waals surface area contributed by atoms with Gasteiger partial charge in [0, 0.05) is 7.11 Å². The number of ether oxygens (including phenoxy) is 2. The molecular formula is C12H18N2O4S. The van der Waals surface area contributed by atoms with Crippen molar-refractivity contribution < 1.29 is 19.1 Å². The lowest BCUT2D eigenvalue weighted by atomic mass is 10.2. The van der Waals surface area contributed by atoms with Gasteiger partial charge >= 0.3 is 5.97 Å². The molecule has 0 aliphatic rings. The number of aromatic nitrogens is 1. The smallest absolute Gasteiger partial charge is 0.350 e. The van der Waals surface area contributed by atoms with E-state index in [1.807, 2.05) is 13.8 Å². The summed E-state index contributed by atoms with van der Waals surface area (Å²) < 4.78 is 9.83. The zero-order valence-electron chi connectivity index (χ0n) is 11.5. The minimum Gasteiger partial charge on any atom is -0.461 e. The monoisotopic (exact) mass is 286 g/mol. The number of nitrogens with zero attached hydrogens (tertiary/aromatic N) is 1. The van der Waals surface area contributed by atoms with Crippen LogP contribution in [0.5, 0.6) is 0 Å². The molecule has 1 rings (SSSR count). The van der Waals surface area contributed by atoms with Gasteiger partial charge in [-0.1, -0.05) is 25.2 Å². The van der Waals surface area contributed by atoms with E-state index in [2.05, 4.69) is 10.3 Å². The zero-order valence-corrected chi connectivity index (χ0v) is 12.3. The highest BCUT2D eigenvalue weighted by Crippen LogP contribution is 2.23. The van der Waals surface area contributed by atoms with Crippen molar-refractivity contribution in [2.45, 2.75) is 20.8 Å². The Balaban J connectivity index is 2.68. The molecule has 106 valence electrons. The van der Waals surface area contributed by atoms with E-state index in [9.17, 15) is 9.59 Å². The average molecular weight is 286 g/mol. The first-order valence-electron chi connectivity index (χ1n) is 5.87. The lowest BCUT2D eigenvalue weighted by Gasteiger charge is -2.05. The molecular weight excluding hydrogens is 268 g/mol. The molecule has 0 fully saturated rings. The summed E-state index contributed by atoms with van der Waals surface area (Å²) in [7, 11) is 1.43. The Labute approximate surface area is 116 Å². The summed E-state index contributed by atoms with van der Waals surface area (Å²) in [5.41, 5.74) is 0.548. The van der Waals surface area contributed by atoms with Gasteiger partial charge in [0.05, 0.1) is 12.3 Å². The summed E-state index contributed by atoms with van der Waals surface area (Å²) in [6.45, 7) is 5.94. The summed E-state index contributed by atoms with van der Waals surface area (Å²) in [4.78, 5) is 27.7. The predicted octanol–water partition coefficient (Wildman–Crippen LogP) is 1.85. The minimum absolute atomic E-state index is 0.0498. The number of aryl methyl sites for hydroxylation is 1. The van der Waals surface area contributed by atoms with E-state index in [4.69, 9.17) is 9.47 Å². The normalized spacial score (nSPS) is 10.6. The molecule has 0 unspecified atom stereocenters. The molecule has 0 radical (unpaired) electrons.